The van der Waals surface area contributed by atoms with Crippen LogP contribution < -0.4 is 10.1 Å². The number of halogens is 3. The lowest BCUT2D eigenvalue weighted by molar-refractivity contribution is -0.153. The fourth-order valence-electron chi connectivity index (χ4n) is 2.10. The summed E-state index contributed by atoms with van der Waals surface area (Å²) in [6, 6.07) is 7.61. The standard InChI is InChI=1S/C15H14F3N3O2/c16-15(17,18)8-23-13-4-2-1-3-10(13)19-14(22)12-7-11(20-21-12)9-5-6-9/h1-4,7,9H,5-6,8H2,(H,19,22)(H,20,21). The minimum Gasteiger partial charge on any atom is -0.482 e. The predicted molar refractivity (Wildman–Crippen MR) is 76.5 cm³/mol. The number of ether oxygens (including phenoxy) is 1. The number of anilines is 1. The topological polar surface area (TPSA) is 67.0 Å². The van der Waals surface area contributed by atoms with Gasteiger partial charge in [0, 0.05) is 11.6 Å². The van der Waals surface area contributed by atoms with E-state index in [0.29, 0.717) is 5.92 Å². The predicted octanol–water partition coefficient (Wildman–Crippen LogP) is 3.48. The number of rotatable bonds is 5. The van der Waals surface area contributed by atoms with E-state index in [0.717, 1.165) is 18.5 Å². The van der Waals surface area contributed by atoms with Crippen molar-refractivity contribution in [3.8, 4) is 5.75 Å². The van der Waals surface area contributed by atoms with Crippen LogP contribution in [0.3, 0.4) is 0 Å². The Hall–Kier alpha value is -2.51. The van der Waals surface area contributed by atoms with Gasteiger partial charge < -0.3 is 10.1 Å². The van der Waals surface area contributed by atoms with Crippen molar-refractivity contribution in [1.29, 1.82) is 0 Å². The van der Waals surface area contributed by atoms with Gasteiger partial charge in [0.15, 0.2) is 12.3 Å². The number of amides is 1. The molecule has 0 atom stereocenters. The number of benzene rings is 1. The van der Waals surface area contributed by atoms with Crippen LogP contribution >= 0.6 is 0 Å². The molecule has 2 aromatic rings. The van der Waals surface area contributed by atoms with Gasteiger partial charge in [0.25, 0.3) is 5.91 Å². The zero-order valence-electron chi connectivity index (χ0n) is 12.0. The molecule has 0 spiro atoms. The molecule has 0 unspecified atom stereocenters. The highest BCUT2D eigenvalue weighted by atomic mass is 19.4. The number of hydrogen-bond acceptors (Lipinski definition) is 3. The zero-order chi connectivity index (χ0) is 16.4. The smallest absolute Gasteiger partial charge is 0.422 e. The van der Waals surface area contributed by atoms with E-state index in [2.05, 4.69) is 15.5 Å². The zero-order valence-corrected chi connectivity index (χ0v) is 12.0. The molecule has 1 aliphatic rings. The lowest BCUT2D eigenvalue weighted by Crippen LogP contribution is -2.20. The number of carbonyl (C=O) groups excluding carboxylic acids is 1. The van der Waals surface area contributed by atoms with Crippen molar-refractivity contribution in [2.75, 3.05) is 11.9 Å². The van der Waals surface area contributed by atoms with Crippen LogP contribution in [0, 0.1) is 0 Å². The third-order valence-electron chi connectivity index (χ3n) is 3.37. The molecule has 2 N–H and O–H groups in total. The molecular weight excluding hydrogens is 311 g/mol. The average Bonchev–Trinajstić information content (AvgIpc) is 3.22. The quantitative estimate of drug-likeness (QED) is 0.884. The third kappa shape index (κ3) is 4.02. The van der Waals surface area contributed by atoms with Crippen molar-refractivity contribution in [2.24, 2.45) is 0 Å². The molecule has 1 fully saturated rings. The summed E-state index contributed by atoms with van der Waals surface area (Å²) in [7, 11) is 0. The van der Waals surface area contributed by atoms with Crippen molar-refractivity contribution in [1.82, 2.24) is 10.2 Å². The van der Waals surface area contributed by atoms with Crippen LogP contribution in [0.15, 0.2) is 30.3 Å². The Balaban J connectivity index is 1.69. The van der Waals surface area contributed by atoms with Crippen molar-refractivity contribution in [2.45, 2.75) is 24.9 Å². The highest BCUT2D eigenvalue weighted by Gasteiger charge is 2.29. The summed E-state index contributed by atoms with van der Waals surface area (Å²) < 4.78 is 41.5. The van der Waals surface area contributed by atoms with Gasteiger partial charge in [-0.05, 0) is 31.0 Å². The Labute approximate surface area is 129 Å². The monoisotopic (exact) mass is 325 g/mol. The first-order chi connectivity index (χ1) is 10.9. The fraction of sp³-hybridized carbons (Fsp3) is 0.333. The molecule has 0 aliphatic heterocycles. The Morgan fingerprint density at radius 2 is 2.09 bits per heavy atom. The normalized spacial score (nSPS) is 14.6. The SMILES string of the molecule is O=C(Nc1ccccc1OCC(F)(F)F)c1cc(C2CC2)[nH]n1. The first-order valence-corrected chi connectivity index (χ1v) is 7.07. The molecule has 122 valence electrons. The second-order valence-corrected chi connectivity index (χ2v) is 5.34. The number of para-hydroxylation sites is 2. The number of aromatic nitrogens is 2. The lowest BCUT2D eigenvalue weighted by atomic mass is 10.2. The maximum Gasteiger partial charge on any atom is 0.422 e. The number of aromatic amines is 1. The van der Waals surface area contributed by atoms with E-state index in [9.17, 15) is 18.0 Å². The number of carbonyl (C=O) groups is 1. The molecule has 1 aliphatic carbocycles. The largest absolute Gasteiger partial charge is 0.482 e. The molecule has 0 saturated heterocycles. The molecule has 0 bridgehead atoms. The highest BCUT2D eigenvalue weighted by molar-refractivity contribution is 6.03. The van der Waals surface area contributed by atoms with E-state index in [1.54, 1.807) is 12.1 Å². The molecule has 8 heteroatoms. The molecule has 23 heavy (non-hydrogen) atoms. The lowest BCUT2D eigenvalue weighted by Gasteiger charge is -2.13. The maximum atomic E-state index is 12.3. The van der Waals surface area contributed by atoms with Gasteiger partial charge in [0.05, 0.1) is 5.69 Å². The average molecular weight is 325 g/mol. The van der Waals surface area contributed by atoms with Gasteiger partial charge in [0.2, 0.25) is 0 Å². The summed E-state index contributed by atoms with van der Waals surface area (Å²) in [5.74, 6) is -0.126. The first kappa shape index (κ1) is 15.4. The van der Waals surface area contributed by atoms with E-state index >= 15 is 0 Å². The first-order valence-electron chi connectivity index (χ1n) is 7.07. The van der Waals surface area contributed by atoms with Gasteiger partial charge in [-0.3, -0.25) is 9.89 Å². The second kappa shape index (κ2) is 5.94. The summed E-state index contributed by atoms with van der Waals surface area (Å²) in [5.41, 5.74) is 1.26. The van der Waals surface area contributed by atoms with Crippen molar-refractivity contribution in [3.05, 3.63) is 41.7 Å². The number of alkyl halides is 3. The fourth-order valence-corrected chi connectivity index (χ4v) is 2.10. The van der Waals surface area contributed by atoms with Crippen LogP contribution in [0.1, 0.15) is 34.9 Å². The van der Waals surface area contributed by atoms with Gasteiger partial charge in [-0.25, -0.2) is 0 Å². The number of hydrogen-bond donors (Lipinski definition) is 2. The second-order valence-electron chi connectivity index (χ2n) is 5.34. The molecule has 5 nitrogen and oxygen atoms in total. The number of nitrogens with one attached hydrogen (secondary N) is 2. The van der Waals surface area contributed by atoms with E-state index in [4.69, 9.17) is 4.74 Å². The van der Waals surface area contributed by atoms with Gasteiger partial charge in [-0.2, -0.15) is 18.3 Å². The van der Waals surface area contributed by atoms with Gasteiger partial charge in [-0.1, -0.05) is 12.1 Å². The minimum absolute atomic E-state index is 0.0453. The van der Waals surface area contributed by atoms with Crippen LogP contribution in [0.25, 0.3) is 0 Å². The minimum atomic E-state index is -4.45. The molecule has 1 amide bonds. The molecule has 1 aromatic carbocycles. The van der Waals surface area contributed by atoms with Crippen LogP contribution in [0.4, 0.5) is 18.9 Å². The summed E-state index contributed by atoms with van der Waals surface area (Å²) >= 11 is 0. The van der Waals surface area contributed by atoms with E-state index < -0.39 is 18.7 Å². The van der Waals surface area contributed by atoms with Crippen molar-refractivity contribution < 1.29 is 22.7 Å². The molecular formula is C15H14F3N3O2. The number of H-pyrrole nitrogens is 1. The molecule has 1 saturated carbocycles. The summed E-state index contributed by atoms with van der Waals surface area (Å²) in [6.07, 6.45) is -2.31. The van der Waals surface area contributed by atoms with Gasteiger partial charge in [-0.15, -0.1) is 0 Å². The van der Waals surface area contributed by atoms with Crippen molar-refractivity contribution in [3.63, 3.8) is 0 Å². The van der Waals surface area contributed by atoms with Crippen LogP contribution in [0.2, 0.25) is 0 Å². The Kier molecular flexibility index (Phi) is 3.97. The summed E-state index contributed by atoms with van der Waals surface area (Å²) in [4.78, 5) is 12.2. The Morgan fingerprint density at radius 1 is 1.35 bits per heavy atom. The van der Waals surface area contributed by atoms with Crippen LogP contribution in [-0.4, -0.2) is 28.9 Å². The Morgan fingerprint density at radius 3 is 2.78 bits per heavy atom. The van der Waals surface area contributed by atoms with Crippen LogP contribution in [0.5, 0.6) is 5.75 Å². The van der Waals surface area contributed by atoms with Gasteiger partial charge in [0.1, 0.15) is 5.75 Å². The molecule has 3 rings (SSSR count). The van der Waals surface area contributed by atoms with Crippen molar-refractivity contribution >= 4 is 11.6 Å². The molecule has 1 aromatic heterocycles. The summed E-state index contributed by atoms with van der Waals surface area (Å²) in [6.45, 7) is -1.42. The van der Waals surface area contributed by atoms with Crippen LogP contribution in [-0.2, 0) is 0 Å². The Bertz CT molecular complexity index is 708. The summed E-state index contributed by atoms with van der Waals surface area (Å²) in [5, 5.41) is 9.26. The maximum absolute atomic E-state index is 12.3. The van der Waals surface area contributed by atoms with E-state index in [-0.39, 0.29) is 17.1 Å². The molecule has 0 radical (unpaired) electrons. The van der Waals surface area contributed by atoms with E-state index in [1.165, 1.54) is 18.2 Å². The van der Waals surface area contributed by atoms with Gasteiger partial charge >= 0.3 is 6.18 Å². The number of nitrogens with zero attached hydrogens (tertiary/aromatic N) is 1. The highest BCUT2D eigenvalue weighted by Crippen LogP contribution is 2.39. The third-order valence-corrected chi connectivity index (χ3v) is 3.37. The molecule has 1 heterocycles. The van der Waals surface area contributed by atoms with E-state index in [1.807, 2.05) is 0 Å².